The zero-order valence-electron chi connectivity index (χ0n) is 13.2. The summed E-state index contributed by atoms with van der Waals surface area (Å²) in [6, 6.07) is 4.41. The molecule has 120 valence electrons. The van der Waals surface area contributed by atoms with Gasteiger partial charge in [0.25, 0.3) is 0 Å². The van der Waals surface area contributed by atoms with E-state index in [9.17, 15) is 0 Å². The minimum atomic E-state index is 0.299. The molecule has 0 bridgehead atoms. The molecule has 3 N–H and O–H groups in total. The van der Waals surface area contributed by atoms with Crippen molar-refractivity contribution in [1.82, 2.24) is 24.4 Å². The molecule has 0 amide bonds. The van der Waals surface area contributed by atoms with Crippen LogP contribution in [0, 0.1) is 0 Å². The lowest BCUT2D eigenvalue weighted by Gasteiger charge is -2.27. The third-order valence-electron chi connectivity index (χ3n) is 4.56. The monoisotopic (exact) mass is 311 g/mol. The molecule has 1 aliphatic carbocycles. The van der Waals surface area contributed by atoms with Crippen LogP contribution in [-0.2, 0) is 7.05 Å². The van der Waals surface area contributed by atoms with Crippen LogP contribution in [0.4, 0.5) is 11.5 Å². The second-order valence-electron chi connectivity index (χ2n) is 6.34. The number of nitrogens with zero attached hydrogens (tertiary/aromatic N) is 5. The number of pyridine rings is 1. The van der Waals surface area contributed by atoms with Crippen molar-refractivity contribution in [3.8, 4) is 0 Å². The SMILES string of the molecule is Cn1ccc(Nc2cc([C@H]3CCC[C@H](N)C3)cn3ncnc23)n1. The van der Waals surface area contributed by atoms with Gasteiger partial charge in [-0.1, -0.05) is 6.42 Å². The van der Waals surface area contributed by atoms with Gasteiger partial charge < -0.3 is 11.1 Å². The molecular formula is C16H21N7. The molecule has 3 heterocycles. The van der Waals surface area contributed by atoms with Crippen molar-refractivity contribution < 1.29 is 0 Å². The summed E-state index contributed by atoms with van der Waals surface area (Å²) in [5.74, 6) is 1.28. The maximum absolute atomic E-state index is 6.16. The summed E-state index contributed by atoms with van der Waals surface area (Å²) in [6.45, 7) is 0. The molecular weight excluding hydrogens is 290 g/mol. The van der Waals surface area contributed by atoms with Gasteiger partial charge in [0, 0.05) is 31.5 Å². The zero-order chi connectivity index (χ0) is 15.8. The summed E-state index contributed by atoms with van der Waals surface area (Å²) in [4.78, 5) is 4.35. The number of anilines is 2. The molecule has 3 aromatic rings. The minimum absolute atomic E-state index is 0.299. The molecule has 4 rings (SSSR count). The average Bonchev–Trinajstić information content (AvgIpc) is 3.16. The highest BCUT2D eigenvalue weighted by Gasteiger charge is 2.22. The predicted octanol–water partition coefficient (Wildman–Crippen LogP) is 2.19. The van der Waals surface area contributed by atoms with E-state index in [0.717, 1.165) is 30.0 Å². The van der Waals surface area contributed by atoms with Crippen molar-refractivity contribution in [2.75, 3.05) is 5.32 Å². The minimum Gasteiger partial charge on any atom is -0.336 e. The second-order valence-corrected chi connectivity index (χ2v) is 6.34. The van der Waals surface area contributed by atoms with Crippen molar-refractivity contribution in [2.45, 2.75) is 37.6 Å². The Bertz CT molecular complexity index is 819. The molecule has 0 radical (unpaired) electrons. The third kappa shape index (κ3) is 2.79. The van der Waals surface area contributed by atoms with E-state index < -0.39 is 0 Å². The van der Waals surface area contributed by atoms with Crippen LogP contribution in [0.5, 0.6) is 0 Å². The van der Waals surface area contributed by atoms with E-state index in [-0.39, 0.29) is 0 Å². The predicted molar refractivity (Wildman–Crippen MR) is 88.7 cm³/mol. The normalized spacial score (nSPS) is 21.7. The lowest BCUT2D eigenvalue weighted by molar-refractivity contribution is 0.392. The molecule has 7 nitrogen and oxygen atoms in total. The van der Waals surface area contributed by atoms with E-state index in [1.54, 1.807) is 11.0 Å². The fraction of sp³-hybridized carbons (Fsp3) is 0.438. The standard InChI is InChI=1S/C16H21N7/c1-22-6-5-15(21-22)20-14-8-12(9-23-16(14)18-10-19-23)11-3-2-4-13(17)7-11/h5-6,8-11,13H,2-4,7,17H2,1H3,(H,20,21)/t11-,13-/m0/s1. The molecule has 0 aromatic carbocycles. The van der Waals surface area contributed by atoms with E-state index in [2.05, 4.69) is 32.8 Å². The van der Waals surface area contributed by atoms with Crippen molar-refractivity contribution in [2.24, 2.45) is 12.8 Å². The Morgan fingerprint density at radius 1 is 1.35 bits per heavy atom. The van der Waals surface area contributed by atoms with Gasteiger partial charge in [-0.25, -0.2) is 9.50 Å². The summed E-state index contributed by atoms with van der Waals surface area (Å²) >= 11 is 0. The molecule has 1 aliphatic rings. The highest BCUT2D eigenvalue weighted by molar-refractivity contribution is 5.72. The first kappa shape index (κ1) is 14.2. The Hall–Kier alpha value is -2.41. The molecule has 1 saturated carbocycles. The van der Waals surface area contributed by atoms with Gasteiger partial charge in [0.2, 0.25) is 0 Å². The van der Waals surface area contributed by atoms with E-state index in [4.69, 9.17) is 5.73 Å². The topological polar surface area (TPSA) is 86.1 Å². The zero-order valence-corrected chi connectivity index (χ0v) is 13.2. The van der Waals surface area contributed by atoms with Gasteiger partial charge in [0.15, 0.2) is 11.5 Å². The smallest absolute Gasteiger partial charge is 0.178 e. The van der Waals surface area contributed by atoms with E-state index in [0.29, 0.717) is 12.0 Å². The van der Waals surface area contributed by atoms with Crippen LogP contribution in [0.15, 0.2) is 30.9 Å². The number of aromatic nitrogens is 5. The number of fused-ring (bicyclic) bond motifs is 1. The van der Waals surface area contributed by atoms with Crippen LogP contribution in [0.25, 0.3) is 5.65 Å². The van der Waals surface area contributed by atoms with Crippen molar-refractivity contribution in [3.05, 3.63) is 36.4 Å². The summed E-state index contributed by atoms with van der Waals surface area (Å²) in [6.07, 6.45) is 10.1. The summed E-state index contributed by atoms with van der Waals surface area (Å²) in [5.41, 5.74) is 9.15. The van der Waals surface area contributed by atoms with Gasteiger partial charge in [0.1, 0.15) is 6.33 Å². The number of hydrogen-bond acceptors (Lipinski definition) is 5. The lowest BCUT2D eigenvalue weighted by atomic mass is 9.82. The first-order chi connectivity index (χ1) is 11.2. The molecule has 3 aromatic heterocycles. The van der Waals surface area contributed by atoms with Crippen LogP contribution in [-0.4, -0.2) is 30.4 Å². The second kappa shape index (κ2) is 5.66. The molecule has 0 spiro atoms. The molecule has 0 aliphatic heterocycles. The molecule has 1 fully saturated rings. The van der Waals surface area contributed by atoms with Crippen molar-refractivity contribution in [3.63, 3.8) is 0 Å². The molecule has 0 unspecified atom stereocenters. The largest absolute Gasteiger partial charge is 0.336 e. The fourth-order valence-corrected chi connectivity index (χ4v) is 3.41. The Kier molecular flexibility index (Phi) is 3.49. The van der Waals surface area contributed by atoms with Crippen molar-refractivity contribution in [1.29, 1.82) is 0 Å². The van der Waals surface area contributed by atoms with Crippen LogP contribution in [0.1, 0.15) is 37.2 Å². The Balaban J connectivity index is 1.72. The van der Waals surface area contributed by atoms with E-state index >= 15 is 0 Å². The van der Waals surface area contributed by atoms with E-state index in [1.165, 1.54) is 18.4 Å². The van der Waals surface area contributed by atoms with Crippen LogP contribution < -0.4 is 11.1 Å². The summed E-state index contributed by atoms with van der Waals surface area (Å²) < 4.78 is 3.61. The summed E-state index contributed by atoms with van der Waals surface area (Å²) in [5, 5.41) is 12.0. The number of hydrogen-bond donors (Lipinski definition) is 2. The number of rotatable bonds is 3. The highest BCUT2D eigenvalue weighted by Crippen LogP contribution is 2.34. The first-order valence-corrected chi connectivity index (χ1v) is 8.04. The van der Waals surface area contributed by atoms with Gasteiger partial charge >= 0.3 is 0 Å². The van der Waals surface area contributed by atoms with Gasteiger partial charge in [0.05, 0.1) is 5.69 Å². The van der Waals surface area contributed by atoms with E-state index in [1.807, 2.05) is 23.8 Å². The molecule has 0 saturated heterocycles. The van der Waals surface area contributed by atoms with Gasteiger partial charge in [-0.15, -0.1) is 0 Å². The lowest BCUT2D eigenvalue weighted by Crippen LogP contribution is -2.27. The Labute approximate surface area is 134 Å². The average molecular weight is 311 g/mol. The van der Waals surface area contributed by atoms with Gasteiger partial charge in [-0.3, -0.25) is 4.68 Å². The maximum atomic E-state index is 6.16. The first-order valence-electron chi connectivity index (χ1n) is 8.04. The number of nitrogens with two attached hydrogens (primary N) is 1. The quantitative estimate of drug-likeness (QED) is 0.774. The Morgan fingerprint density at radius 2 is 2.26 bits per heavy atom. The number of nitrogens with one attached hydrogen (secondary N) is 1. The molecule has 7 heteroatoms. The highest BCUT2D eigenvalue weighted by atomic mass is 15.3. The van der Waals surface area contributed by atoms with Crippen molar-refractivity contribution >= 4 is 17.2 Å². The van der Waals surface area contributed by atoms with Crippen LogP contribution in [0.3, 0.4) is 0 Å². The van der Waals surface area contributed by atoms with Crippen LogP contribution >= 0.6 is 0 Å². The Morgan fingerprint density at radius 3 is 3.04 bits per heavy atom. The third-order valence-corrected chi connectivity index (χ3v) is 4.56. The molecule has 23 heavy (non-hydrogen) atoms. The molecule has 2 atom stereocenters. The van der Waals surface area contributed by atoms with Gasteiger partial charge in [-0.05, 0) is 36.8 Å². The maximum Gasteiger partial charge on any atom is 0.178 e. The van der Waals surface area contributed by atoms with Crippen LogP contribution in [0.2, 0.25) is 0 Å². The fourth-order valence-electron chi connectivity index (χ4n) is 3.41. The number of aryl methyl sites for hydroxylation is 1. The van der Waals surface area contributed by atoms with Gasteiger partial charge in [-0.2, -0.15) is 10.2 Å². The summed E-state index contributed by atoms with van der Waals surface area (Å²) in [7, 11) is 1.90.